The minimum absolute atomic E-state index is 0.102. The first-order valence-electron chi connectivity index (χ1n) is 3.50. The Morgan fingerprint density at radius 2 is 1.87 bits per heavy atom. The molecule has 1 rings (SSSR count). The van der Waals surface area contributed by atoms with Crippen LogP contribution in [0.5, 0.6) is 0 Å². The first kappa shape index (κ1) is 11.9. The van der Waals surface area contributed by atoms with Gasteiger partial charge in [-0.1, -0.05) is 12.2 Å². The molecule has 0 saturated carbocycles. The molecule has 1 aromatic heterocycles. The van der Waals surface area contributed by atoms with E-state index in [2.05, 4.69) is 29.4 Å². The van der Waals surface area contributed by atoms with Crippen LogP contribution in [0.3, 0.4) is 0 Å². The summed E-state index contributed by atoms with van der Waals surface area (Å²) in [6.45, 7) is 0. The fourth-order valence-corrected chi connectivity index (χ4v) is 1.43. The average molecular weight is 255 g/mol. The van der Waals surface area contributed by atoms with Gasteiger partial charge in [-0.05, 0) is 12.2 Å². The number of amides is 1. The lowest BCUT2D eigenvalue weighted by atomic mass is 10.3. The highest BCUT2D eigenvalue weighted by Gasteiger charge is 2.35. The van der Waals surface area contributed by atoms with Crippen molar-refractivity contribution < 1.29 is 18.0 Å². The van der Waals surface area contributed by atoms with Crippen LogP contribution in [0.2, 0.25) is 0 Å². The van der Waals surface area contributed by atoms with Crippen molar-refractivity contribution in [2.75, 3.05) is 5.32 Å². The number of anilines is 1. The van der Waals surface area contributed by atoms with Crippen LogP contribution in [0.4, 0.5) is 18.9 Å². The van der Waals surface area contributed by atoms with E-state index in [4.69, 9.17) is 0 Å². The highest BCUT2D eigenvalue weighted by molar-refractivity contribution is 7.72. The Balaban J connectivity index is 3.54. The lowest BCUT2D eigenvalue weighted by Gasteiger charge is -2.11. The van der Waals surface area contributed by atoms with Crippen LogP contribution in [0.1, 0.15) is 5.69 Å². The summed E-state index contributed by atoms with van der Waals surface area (Å²) in [5.74, 6) is 0. The maximum Gasteiger partial charge on any atom is 0.433 e. The fourth-order valence-electron chi connectivity index (χ4n) is 0.896. The summed E-state index contributed by atoms with van der Waals surface area (Å²) < 4.78 is 36.8. The number of carbonyl (C=O) groups excluding carboxylic acids is 1. The van der Waals surface area contributed by atoms with Gasteiger partial charge in [-0.15, -0.1) is 0 Å². The third kappa shape index (κ3) is 2.63. The normalized spacial score (nSPS) is 11.1. The van der Waals surface area contributed by atoms with Gasteiger partial charge in [-0.2, -0.15) is 13.2 Å². The van der Waals surface area contributed by atoms with Gasteiger partial charge in [0.2, 0.25) is 6.41 Å². The van der Waals surface area contributed by atoms with E-state index in [-0.39, 0.29) is 15.8 Å². The lowest BCUT2D eigenvalue weighted by molar-refractivity contribution is -0.140. The van der Waals surface area contributed by atoms with E-state index in [1.54, 1.807) is 0 Å². The van der Waals surface area contributed by atoms with E-state index in [1.165, 1.54) is 0 Å². The number of aromatic nitrogens is 2. The first-order chi connectivity index (χ1) is 6.86. The van der Waals surface area contributed by atoms with Crippen molar-refractivity contribution >= 4 is 36.5 Å². The molecule has 15 heavy (non-hydrogen) atoms. The van der Waals surface area contributed by atoms with Gasteiger partial charge >= 0.3 is 6.18 Å². The SMILES string of the molecule is O=CNc1c(C(F)(F)F)[nH]c(=S)[nH]c1=S. The molecule has 0 unspecified atom stereocenters. The number of nitrogens with one attached hydrogen (secondary N) is 3. The number of alkyl halides is 3. The van der Waals surface area contributed by atoms with Gasteiger partial charge in [0.25, 0.3) is 0 Å². The van der Waals surface area contributed by atoms with Crippen molar-refractivity contribution in [1.82, 2.24) is 9.97 Å². The van der Waals surface area contributed by atoms with Crippen LogP contribution in [-0.4, -0.2) is 16.4 Å². The second-order valence-electron chi connectivity index (χ2n) is 2.42. The molecule has 0 atom stereocenters. The zero-order chi connectivity index (χ0) is 11.6. The van der Waals surface area contributed by atoms with Crippen molar-refractivity contribution in [2.45, 2.75) is 6.18 Å². The van der Waals surface area contributed by atoms with E-state index >= 15 is 0 Å². The molecule has 1 aromatic rings. The van der Waals surface area contributed by atoms with Gasteiger partial charge in [0.1, 0.15) is 16.0 Å². The molecule has 0 aliphatic heterocycles. The number of hydrogen-bond acceptors (Lipinski definition) is 3. The minimum atomic E-state index is -4.67. The maximum atomic E-state index is 12.4. The molecule has 82 valence electrons. The Labute approximate surface area is 91.5 Å². The van der Waals surface area contributed by atoms with Crippen LogP contribution in [-0.2, 0) is 11.0 Å². The van der Waals surface area contributed by atoms with Gasteiger partial charge in [0.15, 0.2) is 4.77 Å². The van der Waals surface area contributed by atoms with Gasteiger partial charge in [0, 0.05) is 0 Å². The molecule has 4 nitrogen and oxygen atoms in total. The summed E-state index contributed by atoms with van der Waals surface area (Å²) in [5, 5.41) is 1.86. The summed E-state index contributed by atoms with van der Waals surface area (Å²) >= 11 is 9.10. The molecule has 3 N–H and O–H groups in total. The number of carbonyl (C=O) groups is 1. The van der Waals surface area contributed by atoms with E-state index in [0.717, 1.165) is 0 Å². The van der Waals surface area contributed by atoms with E-state index < -0.39 is 17.6 Å². The van der Waals surface area contributed by atoms with E-state index in [1.807, 2.05) is 10.3 Å². The Morgan fingerprint density at radius 3 is 2.33 bits per heavy atom. The number of rotatable bonds is 2. The Bertz CT molecular complexity index is 490. The number of hydrogen-bond donors (Lipinski definition) is 3. The molecule has 1 amide bonds. The smallest absolute Gasteiger partial charge is 0.327 e. The molecule has 0 aliphatic carbocycles. The summed E-state index contributed by atoms with van der Waals surface area (Å²) in [6, 6.07) is 0. The highest BCUT2D eigenvalue weighted by Crippen LogP contribution is 2.32. The summed E-state index contributed by atoms with van der Waals surface area (Å²) in [7, 11) is 0. The zero-order valence-electron chi connectivity index (χ0n) is 6.94. The minimum Gasteiger partial charge on any atom is -0.327 e. The predicted molar refractivity (Wildman–Crippen MR) is 51.5 cm³/mol. The molecule has 1 heterocycles. The summed E-state index contributed by atoms with van der Waals surface area (Å²) in [4.78, 5) is 14.3. The number of aromatic amines is 2. The van der Waals surface area contributed by atoms with Crippen molar-refractivity contribution in [1.29, 1.82) is 0 Å². The second-order valence-corrected chi connectivity index (χ2v) is 3.23. The van der Waals surface area contributed by atoms with Crippen LogP contribution < -0.4 is 5.32 Å². The molecule has 0 aromatic carbocycles. The zero-order valence-corrected chi connectivity index (χ0v) is 8.57. The summed E-state index contributed by atoms with van der Waals surface area (Å²) in [5.41, 5.74) is -1.72. The third-order valence-electron chi connectivity index (χ3n) is 1.43. The number of H-pyrrole nitrogens is 2. The molecule has 0 spiro atoms. The van der Waals surface area contributed by atoms with Gasteiger partial charge in [-0.3, -0.25) is 4.79 Å². The van der Waals surface area contributed by atoms with Crippen molar-refractivity contribution in [3.05, 3.63) is 15.1 Å². The molecule has 9 heteroatoms. The maximum absolute atomic E-state index is 12.4. The molecular weight excluding hydrogens is 251 g/mol. The monoisotopic (exact) mass is 255 g/mol. The second kappa shape index (κ2) is 4.11. The largest absolute Gasteiger partial charge is 0.433 e. The van der Waals surface area contributed by atoms with Crippen LogP contribution in [0, 0.1) is 9.41 Å². The molecule has 0 radical (unpaired) electrons. The van der Waals surface area contributed by atoms with E-state index in [0.29, 0.717) is 0 Å². The van der Waals surface area contributed by atoms with Crippen LogP contribution in [0.25, 0.3) is 0 Å². The average Bonchev–Trinajstić information content (AvgIpc) is 2.07. The predicted octanol–water partition coefficient (Wildman–Crippen LogP) is 2.39. The highest BCUT2D eigenvalue weighted by atomic mass is 32.1. The topological polar surface area (TPSA) is 60.7 Å². The number of halogens is 3. The summed E-state index contributed by atoms with van der Waals surface area (Å²) in [6.07, 6.45) is -4.56. The Morgan fingerprint density at radius 1 is 1.27 bits per heavy atom. The standard InChI is InChI=1S/C6H4F3N3OS2/c7-6(8,9)3-2(10-1-13)4(14)12-5(15)11-3/h1H,(H,10,13)(H2,11,12,14,15). The van der Waals surface area contributed by atoms with Crippen LogP contribution >= 0.6 is 24.4 Å². The van der Waals surface area contributed by atoms with Gasteiger partial charge < -0.3 is 15.3 Å². The molecular formula is C6H4F3N3OS2. The Hall–Kier alpha value is -1.22. The molecule has 0 aliphatic rings. The fraction of sp³-hybridized carbons (Fsp3) is 0.167. The lowest BCUT2D eigenvalue weighted by Crippen LogP contribution is -2.14. The van der Waals surface area contributed by atoms with E-state index in [9.17, 15) is 18.0 Å². The van der Waals surface area contributed by atoms with Crippen LogP contribution in [0.15, 0.2) is 0 Å². The van der Waals surface area contributed by atoms with Crippen molar-refractivity contribution in [3.8, 4) is 0 Å². The molecule has 0 bridgehead atoms. The van der Waals surface area contributed by atoms with Gasteiger partial charge in [0.05, 0.1) is 0 Å². The first-order valence-corrected chi connectivity index (χ1v) is 4.32. The third-order valence-corrected chi connectivity index (χ3v) is 1.94. The van der Waals surface area contributed by atoms with Gasteiger partial charge in [-0.25, -0.2) is 0 Å². The van der Waals surface area contributed by atoms with Crippen molar-refractivity contribution in [2.24, 2.45) is 0 Å². The Kier molecular flexibility index (Phi) is 3.25. The molecule has 0 saturated heterocycles. The quantitative estimate of drug-likeness (QED) is 0.561. The molecule has 0 fully saturated rings. The van der Waals surface area contributed by atoms with Crippen molar-refractivity contribution in [3.63, 3.8) is 0 Å².